The summed E-state index contributed by atoms with van der Waals surface area (Å²) in [7, 11) is 4.05. The minimum absolute atomic E-state index is 0.330. The second-order valence-electron chi connectivity index (χ2n) is 5.82. The second kappa shape index (κ2) is 6.53. The van der Waals surface area contributed by atoms with E-state index >= 15 is 0 Å². The van der Waals surface area contributed by atoms with Crippen molar-refractivity contribution in [3.63, 3.8) is 0 Å². The Morgan fingerprint density at radius 1 is 1.22 bits per heavy atom. The lowest BCUT2D eigenvalue weighted by molar-refractivity contribution is -0.140. The van der Waals surface area contributed by atoms with Gasteiger partial charge in [-0.05, 0) is 26.9 Å². The third kappa shape index (κ3) is 3.23. The molecule has 4 nitrogen and oxygen atoms in total. The monoisotopic (exact) mass is 253 g/mol. The summed E-state index contributed by atoms with van der Waals surface area (Å²) in [6.45, 7) is 2.46. The number of piperazine rings is 1. The van der Waals surface area contributed by atoms with E-state index in [0.29, 0.717) is 24.5 Å². The highest BCUT2D eigenvalue weighted by Crippen LogP contribution is 2.24. The normalized spacial score (nSPS) is 28.4. The number of rotatable bonds is 3. The molecule has 1 amide bonds. The minimum Gasteiger partial charge on any atom is -0.337 e. The third-order valence-corrected chi connectivity index (χ3v) is 4.44. The molecule has 1 N–H and O–H groups in total. The van der Waals surface area contributed by atoms with Gasteiger partial charge in [0.05, 0.1) is 6.54 Å². The Hall–Kier alpha value is -0.610. The van der Waals surface area contributed by atoms with Gasteiger partial charge in [0.1, 0.15) is 0 Å². The summed E-state index contributed by atoms with van der Waals surface area (Å²) >= 11 is 0. The number of carbonyl (C=O) groups is 1. The van der Waals surface area contributed by atoms with Crippen LogP contribution in [0.1, 0.15) is 38.5 Å². The van der Waals surface area contributed by atoms with E-state index in [2.05, 4.69) is 22.2 Å². The molecule has 1 aliphatic carbocycles. The predicted octanol–water partition coefficient (Wildman–Crippen LogP) is 1.07. The highest BCUT2D eigenvalue weighted by molar-refractivity contribution is 5.79. The molecular formula is C14H27N3O. The summed E-state index contributed by atoms with van der Waals surface area (Å²) in [6, 6.07) is 0.976. The van der Waals surface area contributed by atoms with E-state index in [4.69, 9.17) is 0 Å². The molecule has 1 saturated carbocycles. The first-order chi connectivity index (χ1) is 8.72. The average Bonchev–Trinajstić information content (AvgIpc) is 2.61. The van der Waals surface area contributed by atoms with Crippen molar-refractivity contribution in [2.24, 2.45) is 0 Å². The standard InChI is InChI=1S/C14H27N3O/c1-15-9-13-10-17(14(18)11-16(13)2)12-7-5-3-4-6-8-12/h12-13,15H,3-11H2,1-2H3. The molecule has 1 heterocycles. The molecule has 0 aromatic heterocycles. The first-order valence-electron chi connectivity index (χ1n) is 7.36. The van der Waals surface area contributed by atoms with E-state index in [-0.39, 0.29) is 0 Å². The molecule has 2 aliphatic rings. The van der Waals surface area contributed by atoms with Crippen molar-refractivity contribution in [3.05, 3.63) is 0 Å². The lowest BCUT2D eigenvalue weighted by Crippen LogP contribution is -2.59. The molecule has 2 fully saturated rings. The Kier molecular flexibility index (Phi) is 5.01. The fourth-order valence-corrected chi connectivity index (χ4v) is 3.28. The average molecular weight is 253 g/mol. The molecule has 1 unspecified atom stereocenters. The Morgan fingerprint density at radius 2 is 1.89 bits per heavy atom. The van der Waals surface area contributed by atoms with Crippen molar-refractivity contribution in [3.8, 4) is 0 Å². The molecule has 0 spiro atoms. The van der Waals surface area contributed by atoms with Crippen molar-refractivity contribution in [2.45, 2.75) is 50.6 Å². The molecule has 0 radical (unpaired) electrons. The molecule has 4 heteroatoms. The first-order valence-corrected chi connectivity index (χ1v) is 7.36. The Labute approximate surface area is 111 Å². The van der Waals surface area contributed by atoms with Gasteiger partial charge < -0.3 is 10.2 Å². The quantitative estimate of drug-likeness (QED) is 0.764. The highest BCUT2D eigenvalue weighted by atomic mass is 16.2. The predicted molar refractivity (Wildman–Crippen MR) is 73.5 cm³/mol. The molecule has 18 heavy (non-hydrogen) atoms. The maximum Gasteiger partial charge on any atom is 0.237 e. The summed E-state index contributed by atoms with van der Waals surface area (Å²) in [4.78, 5) is 16.6. The van der Waals surface area contributed by atoms with Crippen molar-refractivity contribution in [1.82, 2.24) is 15.1 Å². The van der Waals surface area contributed by atoms with E-state index < -0.39 is 0 Å². The van der Waals surface area contributed by atoms with Gasteiger partial charge in [-0.2, -0.15) is 0 Å². The van der Waals surface area contributed by atoms with E-state index in [1.165, 1.54) is 38.5 Å². The van der Waals surface area contributed by atoms with Gasteiger partial charge in [-0.25, -0.2) is 0 Å². The summed E-state index contributed by atoms with van der Waals surface area (Å²) in [5.41, 5.74) is 0. The number of hydrogen-bond acceptors (Lipinski definition) is 3. The van der Waals surface area contributed by atoms with Crippen LogP contribution in [0.5, 0.6) is 0 Å². The van der Waals surface area contributed by atoms with Crippen LogP contribution in [0, 0.1) is 0 Å². The molecular weight excluding hydrogens is 226 g/mol. The summed E-state index contributed by atoms with van der Waals surface area (Å²) in [5, 5.41) is 3.24. The van der Waals surface area contributed by atoms with E-state index in [0.717, 1.165) is 13.1 Å². The number of likely N-dealkylation sites (N-methyl/N-ethyl adjacent to an activating group) is 2. The Balaban J connectivity index is 1.98. The van der Waals surface area contributed by atoms with Gasteiger partial charge in [0.2, 0.25) is 5.91 Å². The van der Waals surface area contributed by atoms with Gasteiger partial charge >= 0.3 is 0 Å². The van der Waals surface area contributed by atoms with E-state index in [1.54, 1.807) is 0 Å². The van der Waals surface area contributed by atoms with Crippen LogP contribution in [0.15, 0.2) is 0 Å². The lowest BCUT2D eigenvalue weighted by Gasteiger charge is -2.42. The van der Waals surface area contributed by atoms with E-state index in [9.17, 15) is 4.79 Å². The van der Waals surface area contributed by atoms with Crippen LogP contribution in [0.25, 0.3) is 0 Å². The lowest BCUT2D eigenvalue weighted by atomic mass is 10.0. The van der Waals surface area contributed by atoms with Crippen LogP contribution in [-0.2, 0) is 4.79 Å². The number of amides is 1. The van der Waals surface area contributed by atoms with Gasteiger partial charge in [-0.3, -0.25) is 9.69 Å². The van der Waals surface area contributed by atoms with Crippen LogP contribution in [0.4, 0.5) is 0 Å². The highest BCUT2D eigenvalue weighted by Gasteiger charge is 2.33. The van der Waals surface area contributed by atoms with E-state index in [1.807, 2.05) is 7.05 Å². The van der Waals surface area contributed by atoms with Crippen LogP contribution < -0.4 is 5.32 Å². The molecule has 1 saturated heterocycles. The zero-order valence-corrected chi connectivity index (χ0v) is 11.8. The van der Waals surface area contributed by atoms with Crippen LogP contribution in [0.3, 0.4) is 0 Å². The molecule has 1 atom stereocenters. The van der Waals surface area contributed by atoms with Gasteiger partial charge in [-0.15, -0.1) is 0 Å². The number of carbonyl (C=O) groups excluding carboxylic acids is 1. The van der Waals surface area contributed by atoms with Crippen molar-refractivity contribution in [1.29, 1.82) is 0 Å². The van der Waals surface area contributed by atoms with Gasteiger partial charge in [0, 0.05) is 25.2 Å². The Morgan fingerprint density at radius 3 is 2.50 bits per heavy atom. The first kappa shape index (κ1) is 13.8. The van der Waals surface area contributed by atoms with Crippen LogP contribution in [-0.4, -0.2) is 61.5 Å². The molecule has 0 bridgehead atoms. The minimum atomic E-state index is 0.330. The largest absolute Gasteiger partial charge is 0.337 e. The van der Waals surface area contributed by atoms with Crippen LogP contribution >= 0.6 is 0 Å². The smallest absolute Gasteiger partial charge is 0.237 e. The third-order valence-electron chi connectivity index (χ3n) is 4.44. The number of nitrogens with zero attached hydrogens (tertiary/aromatic N) is 2. The summed E-state index contributed by atoms with van der Waals surface area (Å²) in [6.07, 6.45) is 7.70. The zero-order chi connectivity index (χ0) is 13.0. The molecule has 0 aromatic carbocycles. The molecule has 0 aromatic rings. The fourth-order valence-electron chi connectivity index (χ4n) is 3.28. The van der Waals surface area contributed by atoms with Gasteiger partial charge in [-0.1, -0.05) is 25.7 Å². The Bertz CT molecular complexity index is 274. The topological polar surface area (TPSA) is 35.6 Å². The van der Waals surface area contributed by atoms with Crippen LogP contribution in [0.2, 0.25) is 0 Å². The van der Waals surface area contributed by atoms with Crippen molar-refractivity contribution < 1.29 is 4.79 Å². The van der Waals surface area contributed by atoms with Crippen molar-refractivity contribution >= 4 is 5.91 Å². The second-order valence-corrected chi connectivity index (χ2v) is 5.82. The molecule has 2 rings (SSSR count). The summed E-state index contributed by atoms with van der Waals surface area (Å²) in [5.74, 6) is 0.330. The fraction of sp³-hybridized carbons (Fsp3) is 0.929. The zero-order valence-electron chi connectivity index (χ0n) is 11.8. The van der Waals surface area contributed by atoms with Gasteiger partial charge in [0.25, 0.3) is 0 Å². The molecule has 1 aliphatic heterocycles. The molecule has 104 valence electrons. The number of nitrogens with one attached hydrogen (secondary N) is 1. The number of hydrogen-bond donors (Lipinski definition) is 1. The SMILES string of the molecule is CNCC1CN(C2CCCCCC2)C(=O)CN1C. The summed E-state index contributed by atoms with van der Waals surface area (Å²) < 4.78 is 0. The maximum atomic E-state index is 12.2. The van der Waals surface area contributed by atoms with Gasteiger partial charge in [0.15, 0.2) is 0 Å². The van der Waals surface area contributed by atoms with Crippen molar-refractivity contribution in [2.75, 3.05) is 33.7 Å². The maximum absolute atomic E-state index is 12.2.